The largest absolute Gasteiger partial charge is 0.330 e. The van der Waals surface area contributed by atoms with Crippen molar-refractivity contribution in [2.75, 3.05) is 20.1 Å². The predicted molar refractivity (Wildman–Crippen MR) is 81.5 cm³/mol. The number of nitrogens with zero attached hydrogens (tertiary/aromatic N) is 2. The second-order valence-corrected chi connectivity index (χ2v) is 5.37. The van der Waals surface area contributed by atoms with Crippen LogP contribution >= 0.6 is 11.6 Å². The zero-order valence-electron chi connectivity index (χ0n) is 11.5. The quantitative estimate of drug-likeness (QED) is 0.855. The summed E-state index contributed by atoms with van der Waals surface area (Å²) in [7, 11) is 2.07. The molecule has 0 saturated heterocycles. The Labute approximate surface area is 119 Å². The molecule has 0 saturated carbocycles. The summed E-state index contributed by atoms with van der Waals surface area (Å²) >= 11 is 6.27. The third-order valence-corrected chi connectivity index (χ3v) is 3.51. The number of fused-ring (bicyclic) bond motifs is 1. The van der Waals surface area contributed by atoms with Crippen LogP contribution in [0.2, 0.25) is 5.15 Å². The molecule has 2 N–H and O–H groups in total. The molecule has 102 valence electrons. The normalized spacial score (nSPS) is 11.4. The third-order valence-electron chi connectivity index (χ3n) is 3.18. The summed E-state index contributed by atoms with van der Waals surface area (Å²) in [5, 5.41) is 1.73. The van der Waals surface area contributed by atoms with E-state index in [9.17, 15) is 0 Å². The predicted octanol–water partition coefficient (Wildman–Crippen LogP) is 2.98. The Kier molecular flexibility index (Phi) is 4.75. The van der Waals surface area contributed by atoms with Crippen molar-refractivity contribution in [2.24, 2.45) is 5.73 Å². The first-order valence-corrected chi connectivity index (χ1v) is 6.92. The fourth-order valence-electron chi connectivity index (χ4n) is 2.14. The number of hydrogen-bond acceptors (Lipinski definition) is 3. The lowest BCUT2D eigenvalue weighted by molar-refractivity contribution is 0.324. The van der Waals surface area contributed by atoms with Crippen LogP contribution in [-0.2, 0) is 6.54 Å². The molecule has 3 nitrogen and oxygen atoms in total. The van der Waals surface area contributed by atoms with E-state index in [1.807, 2.05) is 0 Å². The molecule has 0 radical (unpaired) electrons. The van der Waals surface area contributed by atoms with E-state index >= 15 is 0 Å². The van der Waals surface area contributed by atoms with Crippen molar-refractivity contribution in [3.8, 4) is 0 Å². The van der Waals surface area contributed by atoms with Gasteiger partial charge in [0.2, 0.25) is 0 Å². The van der Waals surface area contributed by atoms with E-state index < -0.39 is 0 Å². The Bertz CT molecular complexity index is 569. The second kappa shape index (κ2) is 6.33. The number of pyridine rings is 1. The summed E-state index contributed by atoms with van der Waals surface area (Å²) in [4.78, 5) is 6.70. The fraction of sp³-hybridized carbons (Fsp3) is 0.400. The van der Waals surface area contributed by atoms with Crippen molar-refractivity contribution in [1.29, 1.82) is 0 Å². The number of rotatable bonds is 5. The van der Waals surface area contributed by atoms with Gasteiger partial charge in [0.05, 0.1) is 5.52 Å². The molecule has 0 spiro atoms. The van der Waals surface area contributed by atoms with Crippen molar-refractivity contribution < 1.29 is 0 Å². The van der Waals surface area contributed by atoms with Gasteiger partial charge < -0.3 is 10.6 Å². The molecule has 0 amide bonds. The van der Waals surface area contributed by atoms with E-state index in [0.717, 1.165) is 36.0 Å². The van der Waals surface area contributed by atoms with Crippen LogP contribution in [0.4, 0.5) is 0 Å². The highest BCUT2D eigenvalue weighted by Gasteiger charge is 2.07. The lowest BCUT2D eigenvalue weighted by Crippen LogP contribution is -2.21. The van der Waals surface area contributed by atoms with Crippen LogP contribution in [-0.4, -0.2) is 30.0 Å². The van der Waals surface area contributed by atoms with E-state index in [1.165, 1.54) is 5.56 Å². The average molecular weight is 278 g/mol. The van der Waals surface area contributed by atoms with Gasteiger partial charge in [0, 0.05) is 17.5 Å². The molecule has 2 rings (SSSR count). The maximum absolute atomic E-state index is 6.27. The lowest BCUT2D eigenvalue weighted by atomic mass is 10.1. The highest BCUT2D eigenvalue weighted by Crippen LogP contribution is 2.22. The number of aryl methyl sites for hydroxylation is 1. The highest BCUT2D eigenvalue weighted by atomic mass is 35.5. The molecule has 0 fully saturated rings. The minimum absolute atomic E-state index is 0.595. The van der Waals surface area contributed by atoms with Gasteiger partial charge in [-0.25, -0.2) is 4.98 Å². The van der Waals surface area contributed by atoms with Crippen LogP contribution in [0.15, 0.2) is 24.3 Å². The molecular formula is C15H20ClN3. The zero-order chi connectivity index (χ0) is 13.8. The van der Waals surface area contributed by atoms with Crippen molar-refractivity contribution in [2.45, 2.75) is 19.9 Å². The first kappa shape index (κ1) is 14.3. The molecule has 4 heteroatoms. The van der Waals surface area contributed by atoms with E-state index in [4.69, 9.17) is 17.3 Å². The first-order valence-electron chi connectivity index (χ1n) is 6.54. The molecule has 19 heavy (non-hydrogen) atoms. The van der Waals surface area contributed by atoms with Gasteiger partial charge in [0.25, 0.3) is 0 Å². The maximum Gasteiger partial charge on any atom is 0.134 e. The Morgan fingerprint density at radius 3 is 2.84 bits per heavy atom. The van der Waals surface area contributed by atoms with E-state index in [0.29, 0.717) is 11.7 Å². The summed E-state index contributed by atoms with van der Waals surface area (Å²) in [5.74, 6) is 0. The molecule has 0 aliphatic rings. The average Bonchev–Trinajstić information content (AvgIpc) is 2.37. The summed E-state index contributed by atoms with van der Waals surface area (Å²) in [5.41, 5.74) is 8.75. The van der Waals surface area contributed by atoms with Crippen LogP contribution in [0.1, 0.15) is 17.5 Å². The van der Waals surface area contributed by atoms with E-state index in [2.05, 4.69) is 48.1 Å². The minimum atomic E-state index is 0.595. The number of aromatic nitrogens is 1. The number of benzene rings is 1. The van der Waals surface area contributed by atoms with Gasteiger partial charge in [0.15, 0.2) is 0 Å². The topological polar surface area (TPSA) is 42.1 Å². The van der Waals surface area contributed by atoms with Gasteiger partial charge in [0.1, 0.15) is 5.15 Å². The Hall–Kier alpha value is -1.16. The molecule has 0 aliphatic heterocycles. The van der Waals surface area contributed by atoms with Crippen LogP contribution < -0.4 is 5.73 Å². The summed E-state index contributed by atoms with van der Waals surface area (Å²) < 4.78 is 0. The van der Waals surface area contributed by atoms with Gasteiger partial charge in [-0.3, -0.25) is 0 Å². The SMILES string of the molecule is Cc1ccc2cc(CN(C)CCCN)c(Cl)nc2c1. The monoisotopic (exact) mass is 277 g/mol. The maximum atomic E-state index is 6.27. The Morgan fingerprint density at radius 1 is 1.32 bits per heavy atom. The van der Waals surface area contributed by atoms with E-state index in [1.54, 1.807) is 0 Å². The molecule has 1 heterocycles. The Morgan fingerprint density at radius 2 is 2.11 bits per heavy atom. The van der Waals surface area contributed by atoms with Gasteiger partial charge in [-0.15, -0.1) is 0 Å². The van der Waals surface area contributed by atoms with Crippen LogP contribution in [0.3, 0.4) is 0 Å². The van der Waals surface area contributed by atoms with Gasteiger partial charge in [-0.1, -0.05) is 23.7 Å². The van der Waals surface area contributed by atoms with Gasteiger partial charge in [-0.2, -0.15) is 0 Å². The molecule has 0 atom stereocenters. The molecule has 1 aromatic heterocycles. The van der Waals surface area contributed by atoms with Crippen molar-refractivity contribution in [3.05, 3.63) is 40.5 Å². The minimum Gasteiger partial charge on any atom is -0.330 e. The van der Waals surface area contributed by atoms with Gasteiger partial charge in [-0.05, 0) is 51.2 Å². The highest BCUT2D eigenvalue weighted by molar-refractivity contribution is 6.30. The lowest BCUT2D eigenvalue weighted by Gasteiger charge is -2.17. The first-order chi connectivity index (χ1) is 9.10. The van der Waals surface area contributed by atoms with Crippen molar-refractivity contribution >= 4 is 22.5 Å². The second-order valence-electron chi connectivity index (χ2n) is 5.01. The van der Waals surface area contributed by atoms with E-state index in [-0.39, 0.29) is 0 Å². The smallest absolute Gasteiger partial charge is 0.134 e. The molecular weight excluding hydrogens is 258 g/mol. The molecule has 0 aliphatic carbocycles. The molecule has 1 aromatic carbocycles. The third kappa shape index (κ3) is 3.66. The van der Waals surface area contributed by atoms with Gasteiger partial charge >= 0.3 is 0 Å². The van der Waals surface area contributed by atoms with Crippen LogP contribution in [0.25, 0.3) is 10.9 Å². The molecule has 0 bridgehead atoms. The van der Waals surface area contributed by atoms with Crippen LogP contribution in [0.5, 0.6) is 0 Å². The van der Waals surface area contributed by atoms with Crippen LogP contribution in [0, 0.1) is 6.92 Å². The number of hydrogen-bond donors (Lipinski definition) is 1. The Balaban J connectivity index is 2.23. The fourth-order valence-corrected chi connectivity index (χ4v) is 2.34. The number of halogens is 1. The summed E-state index contributed by atoms with van der Waals surface area (Å²) in [6.07, 6.45) is 0.994. The molecule has 2 aromatic rings. The zero-order valence-corrected chi connectivity index (χ0v) is 12.2. The van der Waals surface area contributed by atoms with Crippen molar-refractivity contribution in [3.63, 3.8) is 0 Å². The standard InChI is InChI=1S/C15H20ClN3/c1-11-4-5-12-9-13(10-19(2)7-3-6-17)15(16)18-14(12)8-11/h4-5,8-9H,3,6-7,10,17H2,1-2H3. The summed E-state index contributed by atoms with van der Waals surface area (Å²) in [6, 6.07) is 8.38. The number of nitrogens with two attached hydrogens (primary N) is 1. The molecule has 0 unspecified atom stereocenters. The summed E-state index contributed by atoms with van der Waals surface area (Å²) in [6.45, 7) is 4.55. The van der Waals surface area contributed by atoms with Crippen molar-refractivity contribution in [1.82, 2.24) is 9.88 Å².